The fourth-order valence-corrected chi connectivity index (χ4v) is 1.62. The Morgan fingerprint density at radius 1 is 1.41 bits per heavy atom. The lowest BCUT2D eigenvalue weighted by Gasteiger charge is -2.24. The first-order chi connectivity index (χ1) is 8.03. The van der Waals surface area contributed by atoms with Crippen molar-refractivity contribution in [3.8, 4) is 0 Å². The van der Waals surface area contributed by atoms with Gasteiger partial charge in [0, 0.05) is 26.8 Å². The maximum Gasteiger partial charge on any atom is 0.233 e. The van der Waals surface area contributed by atoms with E-state index in [1.807, 2.05) is 0 Å². The van der Waals surface area contributed by atoms with Gasteiger partial charge in [-0.25, -0.2) is 0 Å². The Bertz CT molecular complexity index is 238. The summed E-state index contributed by atoms with van der Waals surface area (Å²) in [4.78, 5) is 11.5. The molecule has 100 valence electrons. The summed E-state index contributed by atoms with van der Waals surface area (Å²) in [7, 11) is 1.72. The number of ether oxygens (including phenoxy) is 1. The standard InChI is InChI=1S/C13H26N2O2/c1-13(2,6-7-17-3)10-14-9-12(16)15-8-11-4-5-11/h11,14H,4-10H2,1-3H3,(H,15,16). The molecule has 0 radical (unpaired) electrons. The summed E-state index contributed by atoms with van der Waals surface area (Å²) < 4.78 is 5.07. The summed E-state index contributed by atoms with van der Waals surface area (Å²) in [6.07, 6.45) is 3.55. The fraction of sp³-hybridized carbons (Fsp3) is 0.923. The van der Waals surface area contributed by atoms with Crippen LogP contribution < -0.4 is 10.6 Å². The number of nitrogens with one attached hydrogen (secondary N) is 2. The number of carbonyl (C=O) groups excluding carboxylic acids is 1. The number of rotatable bonds is 9. The highest BCUT2D eigenvalue weighted by Gasteiger charge is 2.21. The zero-order valence-corrected chi connectivity index (χ0v) is 11.3. The smallest absolute Gasteiger partial charge is 0.233 e. The van der Waals surface area contributed by atoms with Crippen molar-refractivity contribution in [2.45, 2.75) is 33.1 Å². The summed E-state index contributed by atoms with van der Waals surface area (Å²) in [5.74, 6) is 0.858. The third kappa shape index (κ3) is 7.34. The van der Waals surface area contributed by atoms with Crippen molar-refractivity contribution in [2.75, 3.05) is 33.4 Å². The van der Waals surface area contributed by atoms with Crippen molar-refractivity contribution >= 4 is 5.91 Å². The Kier molecular flexibility index (Phi) is 5.92. The first kappa shape index (κ1) is 14.5. The van der Waals surface area contributed by atoms with E-state index in [9.17, 15) is 4.79 Å². The van der Waals surface area contributed by atoms with Gasteiger partial charge in [0.25, 0.3) is 0 Å². The van der Waals surface area contributed by atoms with Crippen molar-refractivity contribution < 1.29 is 9.53 Å². The first-order valence-corrected chi connectivity index (χ1v) is 6.50. The second kappa shape index (κ2) is 6.97. The first-order valence-electron chi connectivity index (χ1n) is 6.50. The van der Waals surface area contributed by atoms with Gasteiger partial charge in [-0.2, -0.15) is 0 Å². The molecule has 17 heavy (non-hydrogen) atoms. The Labute approximate surface area is 104 Å². The summed E-state index contributed by atoms with van der Waals surface area (Å²) in [5.41, 5.74) is 0.173. The van der Waals surface area contributed by atoms with Gasteiger partial charge in [0.1, 0.15) is 0 Å². The minimum absolute atomic E-state index is 0.111. The Morgan fingerprint density at radius 2 is 2.12 bits per heavy atom. The second-order valence-corrected chi connectivity index (χ2v) is 5.76. The highest BCUT2D eigenvalue weighted by atomic mass is 16.5. The van der Waals surface area contributed by atoms with Crippen LogP contribution in [0.1, 0.15) is 33.1 Å². The molecule has 1 aliphatic rings. The largest absolute Gasteiger partial charge is 0.385 e. The second-order valence-electron chi connectivity index (χ2n) is 5.76. The molecule has 0 aromatic rings. The van der Waals surface area contributed by atoms with E-state index >= 15 is 0 Å². The lowest BCUT2D eigenvalue weighted by molar-refractivity contribution is -0.120. The molecule has 1 saturated carbocycles. The Hall–Kier alpha value is -0.610. The zero-order valence-electron chi connectivity index (χ0n) is 11.3. The van der Waals surface area contributed by atoms with Crippen molar-refractivity contribution in [3.05, 3.63) is 0 Å². The third-order valence-corrected chi connectivity index (χ3v) is 3.16. The van der Waals surface area contributed by atoms with E-state index in [0.29, 0.717) is 6.54 Å². The van der Waals surface area contributed by atoms with E-state index in [-0.39, 0.29) is 11.3 Å². The number of amides is 1. The molecule has 0 unspecified atom stereocenters. The summed E-state index contributed by atoms with van der Waals surface area (Å²) in [6.45, 7) is 7.24. The number of carbonyl (C=O) groups is 1. The van der Waals surface area contributed by atoms with Gasteiger partial charge < -0.3 is 15.4 Å². The number of methoxy groups -OCH3 is 1. The lowest BCUT2D eigenvalue weighted by Crippen LogP contribution is -2.39. The van der Waals surface area contributed by atoms with Crippen LogP contribution in [0, 0.1) is 11.3 Å². The van der Waals surface area contributed by atoms with Crippen LogP contribution in [0.25, 0.3) is 0 Å². The van der Waals surface area contributed by atoms with E-state index in [0.717, 1.165) is 32.0 Å². The normalized spacial score (nSPS) is 15.9. The van der Waals surface area contributed by atoms with Crippen LogP contribution in [-0.2, 0) is 9.53 Å². The predicted molar refractivity (Wildman–Crippen MR) is 68.9 cm³/mol. The molecular weight excluding hydrogens is 216 g/mol. The molecule has 1 amide bonds. The van der Waals surface area contributed by atoms with Crippen LogP contribution in [0.2, 0.25) is 0 Å². The molecule has 1 rings (SSSR count). The Balaban J connectivity index is 2.02. The van der Waals surface area contributed by atoms with Crippen LogP contribution in [0.3, 0.4) is 0 Å². The SMILES string of the molecule is COCCC(C)(C)CNCC(=O)NCC1CC1. The average molecular weight is 242 g/mol. The zero-order chi connectivity index (χ0) is 12.7. The van der Waals surface area contributed by atoms with Crippen molar-refractivity contribution in [1.82, 2.24) is 10.6 Å². The molecule has 2 N–H and O–H groups in total. The molecule has 0 aromatic heterocycles. The molecular formula is C13H26N2O2. The molecule has 0 atom stereocenters. The van der Waals surface area contributed by atoms with E-state index in [2.05, 4.69) is 24.5 Å². The molecule has 4 heteroatoms. The average Bonchev–Trinajstić information content (AvgIpc) is 3.07. The van der Waals surface area contributed by atoms with Gasteiger partial charge in [-0.05, 0) is 30.6 Å². The van der Waals surface area contributed by atoms with Gasteiger partial charge in [-0.15, -0.1) is 0 Å². The van der Waals surface area contributed by atoms with Gasteiger partial charge >= 0.3 is 0 Å². The summed E-state index contributed by atoms with van der Waals surface area (Å²) in [6, 6.07) is 0. The highest BCUT2D eigenvalue weighted by Crippen LogP contribution is 2.27. The highest BCUT2D eigenvalue weighted by molar-refractivity contribution is 5.77. The molecule has 0 saturated heterocycles. The molecule has 4 nitrogen and oxygen atoms in total. The number of hydrogen-bond donors (Lipinski definition) is 2. The molecule has 0 aliphatic heterocycles. The fourth-order valence-electron chi connectivity index (χ4n) is 1.62. The van der Waals surface area contributed by atoms with Gasteiger partial charge in [-0.1, -0.05) is 13.8 Å². The molecule has 0 heterocycles. The quantitative estimate of drug-likeness (QED) is 0.638. The van der Waals surface area contributed by atoms with E-state index in [1.54, 1.807) is 7.11 Å². The summed E-state index contributed by atoms with van der Waals surface area (Å²) in [5, 5.41) is 6.16. The van der Waals surface area contributed by atoms with Crippen LogP contribution in [-0.4, -0.2) is 39.3 Å². The predicted octanol–water partition coefficient (Wildman–Crippen LogP) is 1.16. The monoisotopic (exact) mass is 242 g/mol. The third-order valence-electron chi connectivity index (χ3n) is 3.16. The van der Waals surface area contributed by atoms with Crippen LogP contribution in [0.4, 0.5) is 0 Å². The van der Waals surface area contributed by atoms with Crippen molar-refractivity contribution in [3.63, 3.8) is 0 Å². The topological polar surface area (TPSA) is 50.4 Å². The van der Waals surface area contributed by atoms with Gasteiger partial charge in [0.2, 0.25) is 5.91 Å². The van der Waals surface area contributed by atoms with E-state index in [4.69, 9.17) is 4.74 Å². The van der Waals surface area contributed by atoms with Crippen molar-refractivity contribution in [1.29, 1.82) is 0 Å². The molecule has 0 aromatic carbocycles. The lowest BCUT2D eigenvalue weighted by atomic mass is 9.90. The van der Waals surface area contributed by atoms with Gasteiger partial charge in [0.15, 0.2) is 0 Å². The van der Waals surface area contributed by atoms with Crippen LogP contribution in [0.15, 0.2) is 0 Å². The molecule has 0 spiro atoms. The van der Waals surface area contributed by atoms with E-state index in [1.165, 1.54) is 12.8 Å². The van der Waals surface area contributed by atoms with Crippen LogP contribution in [0.5, 0.6) is 0 Å². The van der Waals surface area contributed by atoms with E-state index < -0.39 is 0 Å². The maximum absolute atomic E-state index is 11.5. The molecule has 1 fully saturated rings. The van der Waals surface area contributed by atoms with Gasteiger partial charge in [-0.3, -0.25) is 4.79 Å². The Morgan fingerprint density at radius 3 is 2.71 bits per heavy atom. The molecule has 1 aliphatic carbocycles. The maximum atomic E-state index is 11.5. The van der Waals surface area contributed by atoms with Gasteiger partial charge in [0.05, 0.1) is 6.54 Å². The summed E-state index contributed by atoms with van der Waals surface area (Å²) >= 11 is 0. The molecule has 0 bridgehead atoms. The van der Waals surface area contributed by atoms with Crippen LogP contribution >= 0.6 is 0 Å². The minimum atomic E-state index is 0.111. The minimum Gasteiger partial charge on any atom is -0.385 e. The van der Waals surface area contributed by atoms with Crippen molar-refractivity contribution in [2.24, 2.45) is 11.3 Å². The number of hydrogen-bond acceptors (Lipinski definition) is 3.